The number of aliphatic hydroxyl groups excluding tert-OH is 2. The van der Waals surface area contributed by atoms with E-state index >= 15 is 0 Å². The number of esters is 1. The number of hydrogen-bond acceptors (Lipinski definition) is 6. The van der Waals surface area contributed by atoms with E-state index < -0.39 is 23.9 Å². The number of phenolic OH excluding ortho intramolecular Hbond substituents is 2. The number of allylic oxidation sites excluding steroid dienone is 2. The van der Waals surface area contributed by atoms with E-state index in [0.29, 0.717) is 17.5 Å². The Balaban J connectivity index is 2.01. The molecule has 1 atom stereocenters. The molecule has 0 spiro atoms. The number of hydrogen-bond donors (Lipinski definition) is 4. The molecule has 4 N–H and O–H groups in total. The minimum absolute atomic E-state index is 0.0381. The molecule has 0 saturated carbocycles. The van der Waals surface area contributed by atoms with Crippen LogP contribution in [0, 0.1) is 0 Å². The Morgan fingerprint density at radius 2 is 1.76 bits per heavy atom. The van der Waals surface area contributed by atoms with Crippen molar-refractivity contribution in [3.05, 3.63) is 76.6 Å². The number of carbonyl (C=O) groups is 1. The first-order valence-corrected chi connectivity index (χ1v) is 9.27. The van der Waals surface area contributed by atoms with Crippen LogP contribution < -0.4 is 0 Å². The lowest BCUT2D eigenvalue weighted by Gasteiger charge is -2.29. The average Bonchev–Trinajstić information content (AvgIpc) is 2.93. The van der Waals surface area contributed by atoms with Crippen LogP contribution in [-0.2, 0) is 22.4 Å². The molecule has 0 radical (unpaired) electrons. The first-order valence-electron chi connectivity index (χ1n) is 9.27. The van der Waals surface area contributed by atoms with Gasteiger partial charge in [0.05, 0.1) is 12.2 Å². The topological polar surface area (TPSA) is 107 Å². The van der Waals surface area contributed by atoms with Gasteiger partial charge in [-0.05, 0) is 55.2 Å². The molecule has 6 heteroatoms. The molecule has 0 saturated heterocycles. The molecule has 1 heterocycles. The summed E-state index contributed by atoms with van der Waals surface area (Å²) in [7, 11) is 0. The van der Waals surface area contributed by atoms with Crippen LogP contribution in [0.4, 0.5) is 0 Å². The highest BCUT2D eigenvalue weighted by Crippen LogP contribution is 2.42. The van der Waals surface area contributed by atoms with Crippen molar-refractivity contribution >= 4 is 11.5 Å². The van der Waals surface area contributed by atoms with Gasteiger partial charge in [0.25, 0.3) is 0 Å². The van der Waals surface area contributed by atoms with Crippen LogP contribution in [0.15, 0.2) is 59.9 Å². The van der Waals surface area contributed by atoms with Gasteiger partial charge in [0.15, 0.2) is 5.60 Å². The maximum Gasteiger partial charge on any atom is 0.374 e. The smallest absolute Gasteiger partial charge is 0.374 e. The van der Waals surface area contributed by atoms with E-state index in [2.05, 4.69) is 0 Å². The summed E-state index contributed by atoms with van der Waals surface area (Å²) in [6, 6.07) is 11.0. The number of cyclic esters (lactones) is 1. The second kappa shape index (κ2) is 8.01. The van der Waals surface area contributed by atoms with Gasteiger partial charge in [-0.2, -0.15) is 0 Å². The molecular formula is C23H24O6. The minimum atomic E-state index is -1.47. The quantitative estimate of drug-likeness (QED) is 0.440. The third-order valence-corrected chi connectivity index (χ3v) is 4.95. The normalized spacial score (nSPS) is 18.7. The van der Waals surface area contributed by atoms with E-state index in [-0.39, 0.29) is 23.5 Å². The Labute approximate surface area is 169 Å². The standard InChI is InChI=1S/C23H24O6/c1-14(2)3-5-17-11-15(4-10-19(17)26)12-23(13-24)20(21(27)22(28)29-23)16-6-8-18(25)9-7-16/h3-4,6-11,24-27H,5,12-13H2,1-2H3. The summed E-state index contributed by atoms with van der Waals surface area (Å²) in [6.07, 6.45) is 2.64. The largest absolute Gasteiger partial charge is 0.508 e. The van der Waals surface area contributed by atoms with E-state index in [9.17, 15) is 25.2 Å². The molecule has 6 nitrogen and oxygen atoms in total. The van der Waals surface area contributed by atoms with E-state index in [0.717, 1.165) is 11.1 Å². The van der Waals surface area contributed by atoms with Gasteiger partial charge in [-0.1, -0.05) is 35.9 Å². The fraction of sp³-hybridized carbons (Fsp3) is 0.261. The van der Waals surface area contributed by atoms with Crippen LogP contribution in [0.5, 0.6) is 11.5 Å². The second-order valence-electron chi connectivity index (χ2n) is 7.44. The van der Waals surface area contributed by atoms with Gasteiger partial charge >= 0.3 is 5.97 Å². The van der Waals surface area contributed by atoms with Crippen LogP contribution in [0.3, 0.4) is 0 Å². The summed E-state index contributed by atoms with van der Waals surface area (Å²) in [4.78, 5) is 12.1. The molecule has 0 aliphatic carbocycles. The molecule has 2 aromatic carbocycles. The highest BCUT2D eigenvalue weighted by atomic mass is 16.6. The van der Waals surface area contributed by atoms with Gasteiger partial charge in [-0.25, -0.2) is 4.79 Å². The molecule has 2 aromatic rings. The first-order chi connectivity index (χ1) is 13.8. The summed E-state index contributed by atoms with van der Waals surface area (Å²) in [5, 5.41) is 40.2. The maximum atomic E-state index is 12.1. The predicted octanol–water partition coefficient (Wildman–Crippen LogP) is 3.41. The van der Waals surface area contributed by atoms with Crippen LogP contribution >= 0.6 is 0 Å². The van der Waals surface area contributed by atoms with Crippen molar-refractivity contribution in [1.29, 1.82) is 0 Å². The number of aliphatic hydroxyl groups is 2. The highest BCUT2D eigenvalue weighted by molar-refractivity contribution is 6.02. The van der Waals surface area contributed by atoms with Gasteiger partial charge in [-0.15, -0.1) is 0 Å². The Bertz CT molecular complexity index is 983. The minimum Gasteiger partial charge on any atom is -0.508 e. The fourth-order valence-corrected chi connectivity index (χ4v) is 3.47. The Kier molecular flexibility index (Phi) is 5.66. The Morgan fingerprint density at radius 3 is 2.38 bits per heavy atom. The molecule has 1 aliphatic rings. The predicted molar refractivity (Wildman–Crippen MR) is 109 cm³/mol. The molecule has 1 unspecified atom stereocenters. The van der Waals surface area contributed by atoms with Crippen molar-refractivity contribution in [3.63, 3.8) is 0 Å². The SMILES string of the molecule is CC(C)=CCc1cc(CC2(CO)OC(=O)C(O)=C2c2ccc(O)cc2)ccc1O. The first kappa shape index (κ1) is 20.5. The summed E-state index contributed by atoms with van der Waals surface area (Å²) < 4.78 is 5.43. The lowest BCUT2D eigenvalue weighted by Crippen LogP contribution is -2.38. The van der Waals surface area contributed by atoms with E-state index in [1.54, 1.807) is 30.3 Å². The Hall–Kier alpha value is -3.25. The van der Waals surface area contributed by atoms with Gasteiger partial charge in [0.1, 0.15) is 11.5 Å². The van der Waals surface area contributed by atoms with E-state index in [1.165, 1.54) is 12.1 Å². The molecule has 3 rings (SSSR count). The van der Waals surface area contributed by atoms with Crippen molar-refractivity contribution in [1.82, 2.24) is 0 Å². The summed E-state index contributed by atoms with van der Waals surface area (Å²) in [5.74, 6) is -1.28. The van der Waals surface area contributed by atoms with Gasteiger partial charge in [0.2, 0.25) is 5.76 Å². The molecule has 1 aliphatic heterocycles. The van der Waals surface area contributed by atoms with Gasteiger partial charge in [0, 0.05) is 6.42 Å². The Morgan fingerprint density at radius 1 is 1.07 bits per heavy atom. The molecule has 0 fully saturated rings. The average molecular weight is 396 g/mol. The van der Waals surface area contributed by atoms with Crippen molar-refractivity contribution in [2.24, 2.45) is 0 Å². The second-order valence-corrected chi connectivity index (χ2v) is 7.44. The van der Waals surface area contributed by atoms with Crippen LogP contribution in [0.2, 0.25) is 0 Å². The monoisotopic (exact) mass is 396 g/mol. The lowest BCUT2D eigenvalue weighted by molar-refractivity contribution is -0.150. The summed E-state index contributed by atoms with van der Waals surface area (Å²) in [5.41, 5.74) is 1.72. The summed E-state index contributed by atoms with van der Waals surface area (Å²) >= 11 is 0. The number of carbonyl (C=O) groups excluding carboxylic acids is 1. The third kappa shape index (κ3) is 4.12. The highest BCUT2D eigenvalue weighted by Gasteiger charge is 2.48. The van der Waals surface area contributed by atoms with Crippen molar-refractivity contribution in [3.8, 4) is 11.5 Å². The molecule has 29 heavy (non-hydrogen) atoms. The number of rotatable bonds is 6. The molecular weight excluding hydrogens is 372 g/mol. The van der Waals surface area contributed by atoms with Crippen molar-refractivity contribution in [2.75, 3.05) is 6.61 Å². The number of benzene rings is 2. The summed E-state index contributed by atoms with van der Waals surface area (Å²) in [6.45, 7) is 3.40. The third-order valence-electron chi connectivity index (χ3n) is 4.95. The molecule has 152 valence electrons. The number of phenols is 2. The number of aromatic hydroxyl groups is 2. The van der Waals surface area contributed by atoms with Crippen molar-refractivity contribution in [2.45, 2.75) is 32.3 Å². The fourth-order valence-electron chi connectivity index (χ4n) is 3.47. The van der Waals surface area contributed by atoms with E-state index in [4.69, 9.17) is 4.74 Å². The van der Waals surface area contributed by atoms with Crippen LogP contribution in [0.25, 0.3) is 5.57 Å². The maximum absolute atomic E-state index is 12.1. The lowest BCUT2D eigenvalue weighted by atomic mass is 9.83. The van der Waals surface area contributed by atoms with Gasteiger partial charge in [-0.3, -0.25) is 0 Å². The van der Waals surface area contributed by atoms with Gasteiger partial charge < -0.3 is 25.2 Å². The molecule has 0 amide bonds. The van der Waals surface area contributed by atoms with Crippen LogP contribution in [-0.4, -0.2) is 38.6 Å². The zero-order chi connectivity index (χ0) is 21.2. The number of ether oxygens (including phenoxy) is 1. The zero-order valence-electron chi connectivity index (χ0n) is 16.3. The van der Waals surface area contributed by atoms with Crippen LogP contribution in [0.1, 0.15) is 30.5 Å². The zero-order valence-corrected chi connectivity index (χ0v) is 16.3. The van der Waals surface area contributed by atoms with E-state index in [1.807, 2.05) is 19.9 Å². The molecule has 0 bridgehead atoms. The molecule has 0 aromatic heterocycles. The van der Waals surface area contributed by atoms with Crippen molar-refractivity contribution < 1.29 is 30.0 Å².